The van der Waals surface area contributed by atoms with Crippen molar-refractivity contribution in [1.82, 2.24) is 0 Å². The van der Waals surface area contributed by atoms with Crippen LogP contribution in [-0.2, 0) is 32.6 Å². The first-order valence-corrected chi connectivity index (χ1v) is 10.8. The molecular weight excluding hydrogens is 457 g/mol. The van der Waals surface area contributed by atoms with Crippen molar-refractivity contribution in [2.75, 3.05) is 17.3 Å². The molecule has 2 unspecified atom stereocenters. The topological polar surface area (TPSA) is 106 Å². The minimum atomic E-state index is -4.66. The number of amides is 1. The summed E-state index contributed by atoms with van der Waals surface area (Å²) in [6.07, 6.45) is -3.35. The fourth-order valence-electron chi connectivity index (χ4n) is 2.19. The van der Waals surface area contributed by atoms with E-state index in [1.54, 1.807) is 0 Å². The quantitative estimate of drug-likeness (QED) is 0.513. The Morgan fingerprint density at radius 3 is 2.41 bits per heavy atom. The third-order valence-corrected chi connectivity index (χ3v) is 6.14. The number of hydrogen-bond donors (Lipinski definition) is 1. The van der Waals surface area contributed by atoms with Gasteiger partial charge in [0.2, 0.25) is 5.91 Å². The van der Waals surface area contributed by atoms with Crippen LogP contribution in [0.15, 0.2) is 46.2 Å². The van der Waals surface area contributed by atoms with Crippen LogP contribution in [0.5, 0.6) is 0 Å². The number of alkyl halides is 3. The smallest absolute Gasteiger partial charge is 0.324 e. The Labute approximate surface area is 172 Å². The van der Waals surface area contributed by atoms with Crippen molar-refractivity contribution < 1.29 is 31.3 Å². The number of nitrogens with one attached hydrogen (secondary N) is 1. The maximum atomic E-state index is 12.8. The molecule has 2 rings (SSSR count). The van der Waals surface area contributed by atoms with E-state index in [1.165, 1.54) is 12.3 Å². The van der Waals surface area contributed by atoms with Crippen LogP contribution in [0.2, 0.25) is 5.02 Å². The second-order valence-corrected chi connectivity index (χ2v) is 8.78. The van der Waals surface area contributed by atoms with Gasteiger partial charge in [-0.2, -0.15) is 13.2 Å². The van der Waals surface area contributed by atoms with E-state index in [4.69, 9.17) is 11.6 Å². The van der Waals surface area contributed by atoms with E-state index in [9.17, 15) is 36.5 Å². The molecule has 0 heterocycles. The van der Waals surface area contributed by atoms with Crippen LogP contribution >= 0.6 is 11.6 Å². The Morgan fingerprint density at radius 2 is 1.86 bits per heavy atom. The average Bonchev–Trinajstić information content (AvgIpc) is 2.61. The highest BCUT2D eigenvalue weighted by atomic mass is 35.5. The molecule has 0 bridgehead atoms. The summed E-state index contributed by atoms with van der Waals surface area (Å²) >= 11 is 5.78. The van der Waals surface area contributed by atoms with E-state index in [-0.39, 0.29) is 20.5 Å². The van der Waals surface area contributed by atoms with Crippen LogP contribution in [0.4, 0.5) is 24.5 Å². The minimum Gasteiger partial charge on any atom is -0.324 e. The molecule has 0 aliphatic heterocycles. The second kappa shape index (κ2) is 9.01. The Kier molecular flexibility index (Phi) is 7.14. The SMILES string of the molecule is CS(=O)c1ccc(S(=O)CC(=O)Nc2cc(C(F)(F)F)ccc2Cl)c([N+](=O)[O-])c1. The van der Waals surface area contributed by atoms with E-state index in [2.05, 4.69) is 5.32 Å². The highest BCUT2D eigenvalue weighted by molar-refractivity contribution is 7.86. The van der Waals surface area contributed by atoms with Gasteiger partial charge in [0, 0.05) is 17.2 Å². The number of rotatable bonds is 6. The lowest BCUT2D eigenvalue weighted by Gasteiger charge is -2.11. The molecule has 13 heteroatoms. The molecule has 0 radical (unpaired) electrons. The molecule has 0 saturated carbocycles. The second-order valence-electron chi connectivity index (χ2n) is 5.57. The fraction of sp³-hybridized carbons (Fsp3) is 0.188. The van der Waals surface area contributed by atoms with Crippen molar-refractivity contribution in [3.63, 3.8) is 0 Å². The standard InChI is InChI=1S/C16H12ClF3N2O5S2/c1-28(26)10-3-5-14(13(7-10)22(24)25)29(27)8-15(23)21-12-6-9(16(18,19)20)2-4-11(12)17/h2-7H,8H2,1H3,(H,21,23). The number of nitro groups is 1. The summed E-state index contributed by atoms with van der Waals surface area (Å²) in [5, 5.41) is 13.2. The van der Waals surface area contributed by atoms with Crippen molar-refractivity contribution in [1.29, 1.82) is 0 Å². The first-order valence-electron chi connectivity index (χ1n) is 7.57. The number of halogens is 4. The normalized spacial score (nSPS) is 13.6. The van der Waals surface area contributed by atoms with Crippen molar-refractivity contribution >= 4 is 50.5 Å². The van der Waals surface area contributed by atoms with Gasteiger partial charge in [-0.05, 0) is 30.3 Å². The van der Waals surface area contributed by atoms with Crippen LogP contribution in [0.25, 0.3) is 0 Å². The monoisotopic (exact) mass is 468 g/mol. The Bertz CT molecular complexity index is 1030. The van der Waals surface area contributed by atoms with Crippen molar-refractivity contribution in [2.24, 2.45) is 0 Å². The highest BCUT2D eigenvalue weighted by Gasteiger charge is 2.31. The fourth-order valence-corrected chi connectivity index (χ4v) is 3.95. The van der Waals surface area contributed by atoms with Gasteiger partial charge < -0.3 is 5.32 Å². The number of nitro benzene ring substituents is 1. The molecule has 29 heavy (non-hydrogen) atoms. The van der Waals surface area contributed by atoms with Crippen LogP contribution in [0.3, 0.4) is 0 Å². The molecule has 0 spiro atoms. The predicted octanol–water partition coefficient (Wildman–Crippen LogP) is 3.75. The zero-order valence-corrected chi connectivity index (χ0v) is 16.9. The number of nitrogens with zero attached hydrogens (tertiary/aromatic N) is 1. The number of anilines is 1. The lowest BCUT2D eigenvalue weighted by atomic mass is 10.2. The number of benzene rings is 2. The summed E-state index contributed by atoms with van der Waals surface area (Å²) in [4.78, 5) is 22.3. The average molecular weight is 469 g/mol. The lowest BCUT2D eigenvalue weighted by Crippen LogP contribution is -2.20. The van der Waals surface area contributed by atoms with Gasteiger partial charge in [-0.25, -0.2) is 0 Å². The molecule has 0 saturated heterocycles. The van der Waals surface area contributed by atoms with Gasteiger partial charge in [0.05, 0.1) is 42.8 Å². The van der Waals surface area contributed by atoms with Gasteiger partial charge in [0.25, 0.3) is 5.69 Å². The Morgan fingerprint density at radius 1 is 1.21 bits per heavy atom. The number of hydrogen-bond acceptors (Lipinski definition) is 5. The molecule has 1 N–H and O–H groups in total. The first-order chi connectivity index (χ1) is 13.4. The van der Waals surface area contributed by atoms with Crippen molar-refractivity contribution in [3.8, 4) is 0 Å². The largest absolute Gasteiger partial charge is 0.416 e. The molecule has 2 aromatic rings. The Hall–Kier alpha value is -2.31. The summed E-state index contributed by atoms with van der Waals surface area (Å²) in [6, 6.07) is 5.69. The summed E-state index contributed by atoms with van der Waals surface area (Å²) in [5.74, 6) is -1.72. The van der Waals surface area contributed by atoms with Gasteiger partial charge in [-0.3, -0.25) is 23.3 Å². The highest BCUT2D eigenvalue weighted by Crippen LogP contribution is 2.34. The molecule has 7 nitrogen and oxygen atoms in total. The van der Waals surface area contributed by atoms with E-state index < -0.39 is 55.6 Å². The maximum Gasteiger partial charge on any atom is 0.416 e. The van der Waals surface area contributed by atoms with Gasteiger partial charge in [0.15, 0.2) is 0 Å². The zero-order valence-electron chi connectivity index (χ0n) is 14.5. The van der Waals surface area contributed by atoms with Gasteiger partial charge in [-0.15, -0.1) is 0 Å². The molecular formula is C16H12ClF3N2O5S2. The third kappa shape index (κ3) is 5.84. The number of carbonyl (C=O) groups is 1. The summed E-state index contributed by atoms with van der Waals surface area (Å²) in [7, 11) is -3.70. The summed E-state index contributed by atoms with van der Waals surface area (Å²) < 4.78 is 62.3. The summed E-state index contributed by atoms with van der Waals surface area (Å²) in [5.41, 5.74) is -1.97. The summed E-state index contributed by atoms with van der Waals surface area (Å²) in [6.45, 7) is 0. The van der Waals surface area contributed by atoms with Gasteiger partial charge in [0.1, 0.15) is 10.6 Å². The molecule has 2 aromatic carbocycles. The molecule has 0 aromatic heterocycles. The maximum absolute atomic E-state index is 12.8. The first kappa shape index (κ1) is 23.0. The van der Waals surface area contributed by atoms with E-state index in [1.807, 2.05) is 0 Å². The molecule has 0 aliphatic rings. The van der Waals surface area contributed by atoms with Crippen molar-refractivity contribution in [2.45, 2.75) is 16.0 Å². The van der Waals surface area contributed by atoms with Crippen LogP contribution < -0.4 is 5.32 Å². The molecule has 0 fully saturated rings. The lowest BCUT2D eigenvalue weighted by molar-refractivity contribution is -0.388. The van der Waals surface area contributed by atoms with E-state index in [0.29, 0.717) is 6.07 Å². The molecule has 156 valence electrons. The van der Waals surface area contributed by atoms with E-state index >= 15 is 0 Å². The molecule has 0 aliphatic carbocycles. The van der Waals surface area contributed by atoms with Gasteiger partial charge in [-0.1, -0.05) is 11.6 Å². The van der Waals surface area contributed by atoms with Crippen LogP contribution in [0, 0.1) is 10.1 Å². The van der Waals surface area contributed by atoms with Gasteiger partial charge >= 0.3 is 6.18 Å². The zero-order chi connectivity index (χ0) is 21.9. The Balaban J connectivity index is 2.23. The predicted molar refractivity (Wildman–Crippen MR) is 102 cm³/mol. The van der Waals surface area contributed by atoms with Crippen LogP contribution in [-0.4, -0.2) is 31.3 Å². The van der Waals surface area contributed by atoms with Crippen molar-refractivity contribution in [3.05, 3.63) is 57.1 Å². The minimum absolute atomic E-state index is 0.137. The van der Waals surface area contributed by atoms with Crippen LogP contribution in [0.1, 0.15) is 5.56 Å². The third-order valence-electron chi connectivity index (χ3n) is 3.53. The van der Waals surface area contributed by atoms with E-state index in [0.717, 1.165) is 24.3 Å². The number of carbonyl (C=O) groups excluding carboxylic acids is 1. The molecule has 2 atom stereocenters. The molecule has 1 amide bonds.